The van der Waals surface area contributed by atoms with Crippen molar-refractivity contribution in [3.8, 4) is 0 Å². The molecule has 3 heterocycles. The van der Waals surface area contributed by atoms with E-state index in [1.165, 1.54) is 12.0 Å². The van der Waals surface area contributed by atoms with Gasteiger partial charge in [0.25, 0.3) is 11.7 Å². The van der Waals surface area contributed by atoms with Crippen molar-refractivity contribution >= 4 is 29.2 Å². The van der Waals surface area contributed by atoms with Crippen LogP contribution in [-0.2, 0) is 54.1 Å². The Kier molecular flexibility index (Phi) is 22.8. The van der Waals surface area contributed by atoms with E-state index >= 15 is 0 Å². The monoisotopic (exact) mass is 1000 g/mol. The molecule has 1 aliphatic carbocycles. The zero-order chi connectivity index (χ0) is 52.7. The number of aliphatic hydroxyl groups is 3. The quantitative estimate of drug-likeness (QED) is 0.123. The summed E-state index contributed by atoms with van der Waals surface area (Å²) in [6.07, 6.45) is 11.8. The van der Waals surface area contributed by atoms with Gasteiger partial charge >= 0.3 is 5.97 Å². The Hall–Kier alpha value is -4.15. The second-order valence-corrected chi connectivity index (χ2v) is 21.5. The Morgan fingerprint density at radius 3 is 2.29 bits per heavy atom. The van der Waals surface area contributed by atoms with Crippen LogP contribution in [0.25, 0.3) is 0 Å². The number of Topliss-reactive ketones (excluding diaryl/α,β-unsaturated/α-hetero) is 3. The second-order valence-electron chi connectivity index (χ2n) is 21.5. The average molecular weight is 1000 g/mol. The van der Waals surface area contributed by atoms with Crippen molar-refractivity contribution in [3.05, 3.63) is 83.5 Å². The fourth-order valence-electron chi connectivity index (χ4n) is 11.0. The summed E-state index contributed by atoms with van der Waals surface area (Å²) in [7, 11) is 2.95. The molecule has 3 N–H and O–H groups in total. The van der Waals surface area contributed by atoms with Gasteiger partial charge in [-0.15, -0.1) is 0 Å². The van der Waals surface area contributed by atoms with E-state index in [2.05, 4.69) is 0 Å². The molecule has 14 heteroatoms. The first-order chi connectivity index (χ1) is 34.3. The van der Waals surface area contributed by atoms with Crippen LogP contribution in [0.2, 0.25) is 0 Å². The third-order valence-corrected chi connectivity index (χ3v) is 15.7. The molecule has 5 rings (SSSR count). The number of carbonyl (C=O) groups excluding carboxylic acids is 5. The van der Waals surface area contributed by atoms with Crippen LogP contribution in [0, 0.1) is 35.5 Å². The topological polar surface area (TPSA) is 195 Å². The number of esters is 1. The number of ether oxygens (including phenoxy) is 5. The molecule has 2 saturated heterocycles. The van der Waals surface area contributed by atoms with Crippen LogP contribution < -0.4 is 0 Å². The molecular weight excluding hydrogens is 919 g/mol. The van der Waals surface area contributed by atoms with E-state index in [0.717, 1.165) is 17.6 Å². The number of benzene rings is 1. The van der Waals surface area contributed by atoms with Gasteiger partial charge in [-0.25, -0.2) is 4.79 Å². The molecule has 3 fully saturated rings. The highest BCUT2D eigenvalue weighted by Crippen LogP contribution is 2.38. The zero-order valence-electron chi connectivity index (χ0n) is 44.4. The van der Waals surface area contributed by atoms with Crippen LogP contribution in [0.15, 0.2) is 77.9 Å². The van der Waals surface area contributed by atoms with E-state index < -0.39 is 83.9 Å². The number of ketones is 3. The third kappa shape index (κ3) is 15.9. The predicted molar refractivity (Wildman–Crippen MR) is 274 cm³/mol. The molecule has 72 heavy (non-hydrogen) atoms. The smallest absolute Gasteiger partial charge is 0.329 e. The molecule has 2 bridgehead atoms. The molecule has 0 radical (unpaired) electrons. The fraction of sp³-hybridized carbons (Fsp3) is 0.672. The lowest BCUT2D eigenvalue weighted by atomic mass is 9.78. The van der Waals surface area contributed by atoms with Crippen LogP contribution in [0.3, 0.4) is 0 Å². The van der Waals surface area contributed by atoms with Gasteiger partial charge < -0.3 is 43.9 Å². The number of hydrogen-bond acceptors (Lipinski definition) is 13. The van der Waals surface area contributed by atoms with Crippen LogP contribution in [0.5, 0.6) is 0 Å². The molecule has 400 valence electrons. The Balaban J connectivity index is 1.48. The van der Waals surface area contributed by atoms with E-state index in [0.29, 0.717) is 76.4 Å². The first-order valence-corrected chi connectivity index (χ1v) is 26.6. The van der Waals surface area contributed by atoms with Gasteiger partial charge in [0.2, 0.25) is 5.79 Å². The maximum Gasteiger partial charge on any atom is 0.329 e. The van der Waals surface area contributed by atoms with Crippen LogP contribution in [0.4, 0.5) is 0 Å². The molecule has 0 spiro atoms. The zero-order valence-corrected chi connectivity index (χ0v) is 44.4. The molecule has 14 nitrogen and oxygen atoms in total. The minimum absolute atomic E-state index is 0.00296. The summed E-state index contributed by atoms with van der Waals surface area (Å²) in [5, 5.41) is 34.2. The molecule has 0 unspecified atom stereocenters. The number of cyclic esters (lactones) is 1. The maximum atomic E-state index is 14.5. The van der Waals surface area contributed by atoms with Crippen LogP contribution in [0.1, 0.15) is 131 Å². The number of methoxy groups -OCH3 is 2. The second kappa shape index (κ2) is 27.9. The minimum Gasteiger partial charge on any atom is -0.460 e. The number of piperidine rings is 1. The molecular formula is C58H85NO13. The van der Waals surface area contributed by atoms with Gasteiger partial charge in [0.1, 0.15) is 30.1 Å². The summed E-state index contributed by atoms with van der Waals surface area (Å²) in [4.78, 5) is 72.6. The van der Waals surface area contributed by atoms with Crippen LogP contribution >= 0.6 is 0 Å². The van der Waals surface area contributed by atoms with Crippen molar-refractivity contribution in [1.82, 2.24) is 4.90 Å². The van der Waals surface area contributed by atoms with Crippen molar-refractivity contribution in [2.24, 2.45) is 35.5 Å². The number of aliphatic hydroxyl groups excluding tert-OH is 2. The van der Waals surface area contributed by atoms with Gasteiger partial charge in [0.05, 0.1) is 31.0 Å². The minimum atomic E-state index is -2.46. The normalized spacial score (nSPS) is 35.2. The van der Waals surface area contributed by atoms with Gasteiger partial charge in [0.15, 0.2) is 5.78 Å². The van der Waals surface area contributed by atoms with E-state index in [9.17, 15) is 39.3 Å². The SMILES string of the molecule is CO[C@@H]1C[C@H](C[C@@H](C)[C@@H]2CC(=O)[C@H](C)C=C(C)[C@@H](O)[C@@H](OC)C(=O)[C@H](C)C[C@H](C)C=CC=CC=C(C)[C@H](OCCc3ccccc3)C[C@@H]3CC[C@@H](C)[C@@](O)(O3)C(=O)C(=O)N3CCCC[C@H]3C(=O)O2)CC[C@H]1O. The standard InChI is InChI=1S/C58H85NO13/c1-36-18-12-10-13-19-37(2)49(70-29-27-43-20-14-11-15-21-43)34-45-25-23-42(7)58(67,72-45)55(64)56(65)59-28-17-16-22-46(59)57(66)71-50(39(4)32-44-24-26-47(60)51(33-44)68-8)35-48(61)38(3)31-41(6)53(63)54(69-9)52(62)40(5)30-36/h10-15,18-21,31,36,38-40,42,44-47,49-51,53-54,60,63,67H,16-17,22-30,32-35H2,1-9H3/t36-,38-,39-,40-,42-,44+,45+,46+,47-,49-,50+,51-,53-,54+,58-/m1/s1. The Morgan fingerprint density at radius 2 is 1.58 bits per heavy atom. The summed E-state index contributed by atoms with van der Waals surface area (Å²) >= 11 is 0. The van der Waals surface area contributed by atoms with Gasteiger partial charge in [-0.05, 0) is 119 Å². The number of nitrogens with zero attached hydrogens (tertiary/aromatic N) is 1. The highest BCUT2D eigenvalue weighted by Gasteiger charge is 2.53. The first kappa shape index (κ1) is 58.7. The predicted octanol–water partition coefficient (Wildman–Crippen LogP) is 7.79. The summed E-state index contributed by atoms with van der Waals surface area (Å²) in [6, 6.07) is 8.83. The van der Waals surface area contributed by atoms with Crippen molar-refractivity contribution < 1.29 is 63.0 Å². The largest absolute Gasteiger partial charge is 0.460 e. The Morgan fingerprint density at radius 1 is 0.847 bits per heavy atom. The number of allylic oxidation sites excluding steroid dienone is 6. The molecule has 0 aromatic heterocycles. The molecule has 4 aliphatic rings. The van der Waals surface area contributed by atoms with Crippen LogP contribution in [-0.4, -0.2) is 131 Å². The number of hydrogen-bond donors (Lipinski definition) is 3. The molecule has 1 saturated carbocycles. The summed E-state index contributed by atoms with van der Waals surface area (Å²) in [6.45, 7) is 13.2. The van der Waals surface area contributed by atoms with E-state index in [-0.39, 0.29) is 54.8 Å². The van der Waals surface area contributed by atoms with Gasteiger partial charge in [-0.3, -0.25) is 19.2 Å². The summed E-state index contributed by atoms with van der Waals surface area (Å²) < 4.78 is 30.3. The van der Waals surface area contributed by atoms with Crippen molar-refractivity contribution in [3.63, 3.8) is 0 Å². The van der Waals surface area contributed by atoms with Gasteiger partial charge in [0, 0.05) is 51.4 Å². The van der Waals surface area contributed by atoms with Gasteiger partial charge in [-0.1, -0.05) is 101 Å². The van der Waals surface area contributed by atoms with E-state index in [1.807, 2.05) is 88.4 Å². The van der Waals surface area contributed by atoms with Crippen molar-refractivity contribution in [2.75, 3.05) is 27.4 Å². The molecule has 1 aromatic rings. The molecule has 1 amide bonds. The lowest BCUT2D eigenvalue weighted by Gasteiger charge is -2.43. The van der Waals surface area contributed by atoms with E-state index in [1.54, 1.807) is 34.0 Å². The highest BCUT2D eigenvalue weighted by atomic mass is 16.6. The Bertz CT molecular complexity index is 2080. The highest BCUT2D eigenvalue weighted by molar-refractivity contribution is 6.39. The maximum absolute atomic E-state index is 14.5. The lowest BCUT2D eigenvalue weighted by molar-refractivity contribution is -0.266. The van der Waals surface area contributed by atoms with Gasteiger partial charge in [-0.2, -0.15) is 0 Å². The first-order valence-electron chi connectivity index (χ1n) is 26.6. The molecule has 1 aromatic carbocycles. The van der Waals surface area contributed by atoms with Crippen molar-refractivity contribution in [1.29, 1.82) is 0 Å². The number of carbonyl (C=O) groups is 5. The number of amides is 1. The fourth-order valence-corrected chi connectivity index (χ4v) is 11.0. The number of fused-ring (bicyclic) bond motifs is 3. The molecule has 15 atom stereocenters. The number of rotatable bonds is 9. The average Bonchev–Trinajstić information content (AvgIpc) is 3.36. The van der Waals surface area contributed by atoms with Crippen molar-refractivity contribution in [2.45, 2.75) is 186 Å². The summed E-state index contributed by atoms with van der Waals surface area (Å²) in [5.74, 6) is -8.08. The van der Waals surface area contributed by atoms with E-state index in [4.69, 9.17) is 23.7 Å². The molecule has 3 aliphatic heterocycles. The third-order valence-electron chi connectivity index (χ3n) is 15.7. The lowest BCUT2D eigenvalue weighted by Crippen LogP contribution is -2.61. The summed E-state index contributed by atoms with van der Waals surface area (Å²) in [5.41, 5.74) is 2.39. The Labute approximate surface area is 428 Å².